The molecule has 0 atom stereocenters. The van der Waals surface area contributed by atoms with Crippen molar-refractivity contribution in [2.45, 2.75) is 12.6 Å². The van der Waals surface area contributed by atoms with Crippen LogP contribution in [0, 0.1) is 0 Å². The lowest BCUT2D eigenvalue weighted by atomic mass is 10.1. The van der Waals surface area contributed by atoms with Gasteiger partial charge in [0.05, 0.1) is 11.1 Å². The normalized spacial score (nSPS) is 11.7. The van der Waals surface area contributed by atoms with Gasteiger partial charge in [0, 0.05) is 36.6 Å². The van der Waals surface area contributed by atoms with E-state index in [2.05, 4.69) is 25.3 Å². The van der Waals surface area contributed by atoms with Gasteiger partial charge in [0.15, 0.2) is 5.82 Å². The van der Waals surface area contributed by atoms with E-state index in [1.165, 1.54) is 6.07 Å². The van der Waals surface area contributed by atoms with Crippen LogP contribution in [0.1, 0.15) is 11.3 Å². The highest BCUT2D eigenvalue weighted by atomic mass is 19.4. The standard InChI is InChI=1S/C20H16F3N5/c21-20(22,23)14-5-3-4-13(12-14)18-27-16-8-11-26-19(17(16)28-18)25-10-7-15-6-1-2-9-24-15/h1-6,8-9,11-12H,7,10H2,(H,25,26)(H,27,28). The number of rotatable bonds is 5. The first-order valence-electron chi connectivity index (χ1n) is 8.67. The van der Waals surface area contributed by atoms with Crippen molar-refractivity contribution in [2.24, 2.45) is 0 Å². The Hall–Kier alpha value is -3.42. The molecule has 8 heteroatoms. The summed E-state index contributed by atoms with van der Waals surface area (Å²) in [4.78, 5) is 16.1. The van der Waals surface area contributed by atoms with Crippen LogP contribution in [0.25, 0.3) is 22.4 Å². The molecule has 142 valence electrons. The number of anilines is 1. The number of aromatic amines is 1. The number of H-pyrrole nitrogens is 1. The molecule has 0 radical (unpaired) electrons. The topological polar surface area (TPSA) is 66.5 Å². The van der Waals surface area contributed by atoms with Crippen molar-refractivity contribution in [3.8, 4) is 11.4 Å². The zero-order valence-corrected chi connectivity index (χ0v) is 14.7. The van der Waals surface area contributed by atoms with E-state index in [0.29, 0.717) is 41.2 Å². The van der Waals surface area contributed by atoms with Crippen molar-refractivity contribution in [3.63, 3.8) is 0 Å². The van der Waals surface area contributed by atoms with Crippen LogP contribution in [0.5, 0.6) is 0 Å². The molecule has 2 N–H and O–H groups in total. The fraction of sp³-hybridized carbons (Fsp3) is 0.150. The van der Waals surface area contributed by atoms with Gasteiger partial charge in [-0.05, 0) is 30.3 Å². The molecular formula is C20H16F3N5. The van der Waals surface area contributed by atoms with Gasteiger partial charge in [-0.2, -0.15) is 13.2 Å². The lowest BCUT2D eigenvalue weighted by Crippen LogP contribution is -2.07. The quantitative estimate of drug-likeness (QED) is 0.525. The van der Waals surface area contributed by atoms with Crippen LogP contribution in [0.3, 0.4) is 0 Å². The summed E-state index contributed by atoms with van der Waals surface area (Å²) in [6.07, 6.45) is -0.325. The Labute approximate surface area is 158 Å². The molecule has 4 aromatic rings. The molecule has 0 bridgehead atoms. The van der Waals surface area contributed by atoms with E-state index in [4.69, 9.17) is 0 Å². The number of nitrogens with one attached hydrogen (secondary N) is 2. The lowest BCUT2D eigenvalue weighted by molar-refractivity contribution is -0.137. The molecule has 0 saturated carbocycles. The van der Waals surface area contributed by atoms with Crippen LogP contribution in [0.4, 0.5) is 19.0 Å². The molecule has 0 spiro atoms. The highest BCUT2D eigenvalue weighted by molar-refractivity contribution is 5.88. The monoisotopic (exact) mass is 383 g/mol. The Morgan fingerprint density at radius 3 is 2.64 bits per heavy atom. The number of fused-ring (bicyclic) bond motifs is 1. The summed E-state index contributed by atoms with van der Waals surface area (Å²) in [5.41, 5.74) is 1.88. The number of benzene rings is 1. The maximum absolute atomic E-state index is 13.0. The van der Waals surface area contributed by atoms with Crippen LogP contribution in [-0.4, -0.2) is 26.5 Å². The van der Waals surface area contributed by atoms with Crippen molar-refractivity contribution in [1.82, 2.24) is 19.9 Å². The van der Waals surface area contributed by atoms with E-state index in [1.54, 1.807) is 24.5 Å². The number of pyridine rings is 2. The zero-order valence-electron chi connectivity index (χ0n) is 14.7. The van der Waals surface area contributed by atoms with Crippen LogP contribution in [0.2, 0.25) is 0 Å². The molecule has 0 amide bonds. The second-order valence-corrected chi connectivity index (χ2v) is 6.22. The Balaban J connectivity index is 1.59. The summed E-state index contributed by atoms with van der Waals surface area (Å²) in [6, 6.07) is 12.6. The van der Waals surface area contributed by atoms with Gasteiger partial charge in [0.25, 0.3) is 0 Å². The molecule has 1 aromatic carbocycles. The highest BCUT2D eigenvalue weighted by Crippen LogP contribution is 2.32. The van der Waals surface area contributed by atoms with Gasteiger partial charge in [0.1, 0.15) is 11.3 Å². The molecule has 0 aliphatic heterocycles. The molecule has 0 unspecified atom stereocenters. The van der Waals surface area contributed by atoms with Gasteiger partial charge in [-0.25, -0.2) is 9.97 Å². The van der Waals surface area contributed by atoms with E-state index in [0.717, 1.165) is 17.8 Å². The first-order chi connectivity index (χ1) is 13.5. The highest BCUT2D eigenvalue weighted by Gasteiger charge is 2.30. The van der Waals surface area contributed by atoms with E-state index in [1.807, 2.05) is 18.2 Å². The third-order valence-electron chi connectivity index (χ3n) is 4.26. The van der Waals surface area contributed by atoms with Crippen LogP contribution < -0.4 is 5.32 Å². The number of imidazole rings is 1. The van der Waals surface area contributed by atoms with E-state index < -0.39 is 11.7 Å². The maximum Gasteiger partial charge on any atom is 0.416 e. The number of hydrogen-bond donors (Lipinski definition) is 2. The number of nitrogens with zero attached hydrogens (tertiary/aromatic N) is 3. The molecular weight excluding hydrogens is 367 g/mol. The second kappa shape index (κ2) is 7.30. The lowest BCUT2D eigenvalue weighted by Gasteiger charge is -2.07. The van der Waals surface area contributed by atoms with Crippen molar-refractivity contribution < 1.29 is 13.2 Å². The SMILES string of the molecule is FC(F)(F)c1cccc(-c2nc3c(NCCc4ccccn4)nccc3[nH]2)c1. The summed E-state index contributed by atoms with van der Waals surface area (Å²) in [6.45, 7) is 0.606. The van der Waals surface area contributed by atoms with Gasteiger partial charge in [-0.3, -0.25) is 4.98 Å². The third-order valence-corrected chi connectivity index (χ3v) is 4.26. The molecule has 0 aliphatic carbocycles. The molecule has 5 nitrogen and oxygen atoms in total. The number of aromatic nitrogens is 4. The molecule has 4 rings (SSSR count). The van der Waals surface area contributed by atoms with Gasteiger partial charge in [-0.1, -0.05) is 18.2 Å². The van der Waals surface area contributed by atoms with Crippen molar-refractivity contribution in [2.75, 3.05) is 11.9 Å². The van der Waals surface area contributed by atoms with Gasteiger partial charge < -0.3 is 10.3 Å². The van der Waals surface area contributed by atoms with Crippen LogP contribution in [-0.2, 0) is 12.6 Å². The fourth-order valence-corrected chi connectivity index (χ4v) is 2.90. The molecule has 0 saturated heterocycles. The average Bonchev–Trinajstić information content (AvgIpc) is 3.14. The Morgan fingerprint density at radius 2 is 1.86 bits per heavy atom. The summed E-state index contributed by atoms with van der Waals surface area (Å²) in [7, 11) is 0. The predicted octanol–water partition coefficient (Wildman–Crippen LogP) is 4.69. The Morgan fingerprint density at radius 1 is 0.964 bits per heavy atom. The number of halogens is 3. The molecule has 28 heavy (non-hydrogen) atoms. The van der Waals surface area contributed by atoms with E-state index in [9.17, 15) is 13.2 Å². The van der Waals surface area contributed by atoms with Gasteiger partial charge >= 0.3 is 6.18 Å². The summed E-state index contributed by atoms with van der Waals surface area (Å²) < 4.78 is 38.9. The number of hydrogen-bond acceptors (Lipinski definition) is 4. The second-order valence-electron chi connectivity index (χ2n) is 6.22. The van der Waals surface area contributed by atoms with Crippen molar-refractivity contribution in [1.29, 1.82) is 0 Å². The van der Waals surface area contributed by atoms with E-state index >= 15 is 0 Å². The van der Waals surface area contributed by atoms with Gasteiger partial charge in [-0.15, -0.1) is 0 Å². The summed E-state index contributed by atoms with van der Waals surface area (Å²) in [5.74, 6) is 0.935. The van der Waals surface area contributed by atoms with Crippen molar-refractivity contribution >= 4 is 16.9 Å². The average molecular weight is 383 g/mol. The Bertz CT molecular complexity index is 1090. The van der Waals surface area contributed by atoms with Crippen molar-refractivity contribution in [3.05, 3.63) is 72.2 Å². The van der Waals surface area contributed by atoms with Crippen LogP contribution >= 0.6 is 0 Å². The van der Waals surface area contributed by atoms with Gasteiger partial charge in [0.2, 0.25) is 0 Å². The molecule has 0 aliphatic rings. The zero-order chi connectivity index (χ0) is 19.6. The molecule has 0 fully saturated rings. The minimum absolute atomic E-state index is 0.363. The smallest absolute Gasteiger partial charge is 0.368 e. The summed E-state index contributed by atoms with van der Waals surface area (Å²) in [5, 5.41) is 3.22. The maximum atomic E-state index is 13.0. The Kier molecular flexibility index (Phi) is 4.68. The van der Waals surface area contributed by atoms with E-state index in [-0.39, 0.29) is 0 Å². The largest absolute Gasteiger partial charge is 0.416 e. The summed E-state index contributed by atoms with van der Waals surface area (Å²) >= 11 is 0. The first-order valence-corrected chi connectivity index (χ1v) is 8.67. The predicted molar refractivity (Wildman–Crippen MR) is 101 cm³/mol. The third kappa shape index (κ3) is 3.80. The van der Waals surface area contributed by atoms with Crippen LogP contribution in [0.15, 0.2) is 60.9 Å². The fourth-order valence-electron chi connectivity index (χ4n) is 2.90. The molecule has 3 heterocycles. The molecule has 3 aromatic heterocycles. The first kappa shape index (κ1) is 18.0. The minimum Gasteiger partial charge on any atom is -0.368 e. The number of alkyl halides is 3. The minimum atomic E-state index is -4.40.